The second kappa shape index (κ2) is 4.47. The molecule has 0 aliphatic rings. The number of rotatable bonds is 1. The number of halogens is 1. The summed E-state index contributed by atoms with van der Waals surface area (Å²) in [5.41, 5.74) is 0. The van der Waals surface area contributed by atoms with Crippen molar-refractivity contribution in [1.82, 2.24) is 4.49 Å². The largest absolute Gasteiger partial charge is 0.238 e. The van der Waals surface area contributed by atoms with Crippen LogP contribution >= 0.6 is 41.2 Å². The molecule has 0 saturated heterocycles. The Bertz CT molecular complexity index is 10.0. The fourth-order valence-electron chi connectivity index (χ4n) is 0. The van der Waals surface area contributed by atoms with E-state index in [2.05, 4.69) is 39.3 Å². The van der Waals surface area contributed by atoms with E-state index >= 15 is 0 Å². The van der Waals surface area contributed by atoms with E-state index in [9.17, 15) is 0 Å². The Morgan fingerprint density at radius 3 is 2.25 bits per heavy atom. The van der Waals surface area contributed by atoms with Crippen LogP contribution in [0.25, 0.3) is 0 Å². The third-order valence-corrected chi connectivity index (χ3v) is 2.55. The van der Waals surface area contributed by atoms with Crippen LogP contribution in [-0.2, 0) is 0 Å². The predicted octanol–water partition coefficient (Wildman–Crippen LogP) is 1.36. The molecule has 0 heterocycles. The van der Waals surface area contributed by atoms with Gasteiger partial charge in [-0.05, 0) is 22.0 Å². The molecule has 1 N–H and O–H groups in total. The molecule has 1 unspecified atom stereocenters. The lowest BCUT2D eigenvalue weighted by atomic mass is 13.9. The van der Waals surface area contributed by atoms with Crippen LogP contribution in [0, 0.1) is 0 Å². The van der Waals surface area contributed by atoms with Crippen molar-refractivity contribution in [3.63, 3.8) is 0 Å². The topological polar surface area (TPSA) is 12.0 Å². The lowest BCUT2D eigenvalue weighted by Crippen LogP contribution is -1.63. The van der Waals surface area contributed by atoms with Gasteiger partial charge in [-0.25, -0.2) is 4.49 Å². The monoisotopic (exact) mass is 207 g/mol. The average molecular weight is 207 g/mol. The van der Waals surface area contributed by atoms with Crippen molar-refractivity contribution in [2.45, 2.75) is 0 Å². The van der Waals surface area contributed by atoms with E-state index in [1.54, 1.807) is 0 Å². The second-order valence-electron chi connectivity index (χ2n) is 0.206. The molecule has 0 aromatic rings. The molecule has 0 rings (SSSR count). The quantitative estimate of drug-likeness (QED) is 0.376. The van der Waals surface area contributed by atoms with E-state index in [-0.39, 0.29) is 0 Å². The fourth-order valence-corrected chi connectivity index (χ4v) is 0. The van der Waals surface area contributed by atoms with Crippen molar-refractivity contribution < 1.29 is 0 Å². The predicted molar refractivity (Wildman–Crippen MR) is 34.5 cm³/mol. The first kappa shape index (κ1) is 5.47. The summed E-state index contributed by atoms with van der Waals surface area (Å²) in [7, 11) is 0. The first-order valence-corrected chi connectivity index (χ1v) is 5.22. The number of hydrogen-bond acceptors (Lipinski definition) is 2. The number of nitrogens with one attached hydrogen (secondary N) is 1. The first-order chi connectivity index (χ1) is 1.91. The molecular formula is H3INPS. The summed E-state index contributed by atoms with van der Waals surface area (Å²) in [4.78, 5) is 0. The van der Waals surface area contributed by atoms with E-state index in [0.717, 1.165) is 6.37 Å². The van der Waals surface area contributed by atoms with Gasteiger partial charge in [-0.1, -0.05) is 12.8 Å². The average Bonchev–Trinajstić information content (AvgIpc) is 1.37. The van der Waals surface area contributed by atoms with Gasteiger partial charge in [0, 0.05) is 6.37 Å². The lowest BCUT2D eigenvalue weighted by Gasteiger charge is -1.72. The molecule has 0 aromatic carbocycles. The van der Waals surface area contributed by atoms with E-state index in [0.29, 0.717) is 0 Å². The van der Waals surface area contributed by atoms with Gasteiger partial charge in [0.25, 0.3) is 0 Å². The minimum absolute atomic E-state index is 0.725. The van der Waals surface area contributed by atoms with E-state index in [1.807, 2.05) is 0 Å². The van der Waals surface area contributed by atoms with Gasteiger partial charge < -0.3 is 0 Å². The molecule has 0 saturated carbocycles. The van der Waals surface area contributed by atoms with Gasteiger partial charge in [0.2, 0.25) is 0 Å². The Labute approximate surface area is 45.8 Å². The summed E-state index contributed by atoms with van der Waals surface area (Å²) in [6.45, 7) is 0. The molecule has 4 heteroatoms. The van der Waals surface area contributed by atoms with Crippen molar-refractivity contribution in [2.24, 2.45) is 0 Å². The lowest BCUT2D eigenvalue weighted by molar-refractivity contribution is 1.80. The van der Waals surface area contributed by atoms with Crippen molar-refractivity contribution >= 4 is 41.2 Å². The highest BCUT2D eigenvalue weighted by Gasteiger charge is 1.53. The van der Waals surface area contributed by atoms with Crippen molar-refractivity contribution in [1.29, 1.82) is 0 Å². The second-order valence-corrected chi connectivity index (χ2v) is 2.91. The van der Waals surface area contributed by atoms with Crippen LogP contribution in [-0.4, -0.2) is 0 Å². The minimum atomic E-state index is 0.725. The van der Waals surface area contributed by atoms with Gasteiger partial charge in [-0.2, -0.15) is 0 Å². The Balaban J connectivity index is 1.97. The van der Waals surface area contributed by atoms with Crippen LogP contribution in [0.15, 0.2) is 0 Å². The maximum atomic E-state index is 3.68. The van der Waals surface area contributed by atoms with Crippen LogP contribution in [0.5, 0.6) is 0 Å². The van der Waals surface area contributed by atoms with E-state index in [4.69, 9.17) is 0 Å². The normalized spacial score (nSPS) is 10.5. The maximum absolute atomic E-state index is 3.68. The molecule has 0 amide bonds. The number of hydrogen-bond donors (Lipinski definition) is 2. The summed E-state index contributed by atoms with van der Waals surface area (Å²) in [5, 5.41) is 0. The molecular weight excluding hydrogens is 204 g/mol. The maximum Gasteiger partial charge on any atom is 0.0231 e. The van der Waals surface area contributed by atoms with Gasteiger partial charge in [0.05, 0.1) is 0 Å². The molecule has 0 radical (unpaired) electrons. The van der Waals surface area contributed by atoms with Gasteiger partial charge in [-0.3, -0.25) is 0 Å². The van der Waals surface area contributed by atoms with Crippen LogP contribution in [0.2, 0.25) is 0 Å². The molecule has 0 spiro atoms. The van der Waals surface area contributed by atoms with Gasteiger partial charge in [0.15, 0.2) is 0 Å². The smallest absolute Gasteiger partial charge is 0.0231 e. The van der Waals surface area contributed by atoms with Crippen molar-refractivity contribution in [3.8, 4) is 0 Å². The Morgan fingerprint density at radius 1 is 2.00 bits per heavy atom. The van der Waals surface area contributed by atoms with Crippen molar-refractivity contribution in [2.75, 3.05) is 0 Å². The molecule has 0 aliphatic heterocycles. The minimum Gasteiger partial charge on any atom is -0.238 e. The standard InChI is InChI=1S/H3INPS/c1-3-2-4/h2-4H. The highest BCUT2D eigenvalue weighted by Crippen LogP contribution is 2.13. The Kier molecular flexibility index (Phi) is 6.11. The third kappa shape index (κ3) is 3.47. The summed E-state index contributed by atoms with van der Waals surface area (Å²) >= 11 is 5.87. The fraction of sp³-hybridized carbons (Fsp3) is 0. The highest BCUT2D eigenvalue weighted by atomic mass is 127. The van der Waals surface area contributed by atoms with Crippen molar-refractivity contribution in [3.05, 3.63) is 0 Å². The first-order valence-electron chi connectivity index (χ1n) is 0.663. The summed E-state index contributed by atoms with van der Waals surface area (Å²) in [6, 6.07) is 0. The molecule has 4 heavy (non-hydrogen) atoms. The molecule has 1 atom stereocenters. The third-order valence-electron chi connectivity index (χ3n) is 0.0423. The molecule has 26 valence electrons. The summed E-state index contributed by atoms with van der Waals surface area (Å²) in [5.74, 6) is 0. The summed E-state index contributed by atoms with van der Waals surface area (Å²) in [6.07, 6.45) is 0.725. The Hall–Kier alpha value is 1.47. The van der Waals surface area contributed by atoms with Gasteiger partial charge in [0.1, 0.15) is 0 Å². The molecule has 1 nitrogen and oxygen atoms in total. The molecule has 0 aromatic heterocycles. The van der Waals surface area contributed by atoms with Crippen LogP contribution in [0.3, 0.4) is 0 Å². The highest BCUT2D eigenvalue weighted by molar-refractivity contribution is 14.2. The van der Waals surface area contributed by atoms with Crippen LogP contribution in [0.1, 0.15) is 0 Å². The van der Waals surface area contributed by atoms with Gasteiger partial charge in [-0.15, -0.1) is 0 Å². The molecule has 0 fully saturated rings. The van der Waals surface area contributed by atoms with Crippen LogP contribution in [0.4, 0.5) is 0 Å². The number of thiol groups is 1. The van der Waals surface area contributed by atoms with E-state index < -0.39 is 0 Å². The van der Waals surface area contributed by atoms with Crippen LogP contribution < -0.4 is 4.49 Å². The zero-order valence-corrected chi connectivity index (χ0v) is 5.88. The van der Waals surface area contributed by atoms with E-state index in [1.165, 1.54) is 0 Å². The van der Waals surface area contributed by atoms with Gasteiger partial charge >= 0.3 is 0 Å². The zero-order valence-electron chi connectivity index (χ0n) is 1.83. The Morgan fingerprint density at radius 2 is 2.25 bits per heavy atom. The summed E-state index contributed by atoms with van der Waals surface area (Å²) < 4.78 is 2.64. The molecule has 0 aliphatic carbocycles. The SMILES string of the molecule is SNPI. The zero-order chi connectivity index (χ0) is 3.41. The molecule has 0 bridgehead atoms.